The first-order chi connectivity index (χ1) is 15.9. The number of aryl methyl sites for hydroxylation is 1. The van der Waals surface area contributed by atoms with E-state index in [0.717, 1.165) is 41.7 Å². The lowest BCUT2D eigenvalue weighted by Crippen LogP contribution is -2.22. The van der Waals surface area contributed by atoms with E-state index in [0.29, 0.717) is 35.3 Å². The number of amides is 2. The van der Waals surface area contributed by atoms with E-state index in [9.17, 15) is 14.4 Å². The van der Waals surface area contributed by atoms with Crippen LogP contribution in [0.5, 0.6) is 11.5 Å². The maximum absolute atomic E-state index is 12.2. The van der Waals surface area contributed by atoms with Crippen LogP contribution < -0.4 is 20.5 Å². The van der Waals surface area contributed by atoms with E-state index < -0.39 is 24.4 Å². The van der Waals surface area contributed by atoms with E-state index in [-0.39, 0.29) is 0 Å². The van der Waals surface area contributed by atoms with Crippen LogP contribution in [0.3, 0.4) is 0 Å². The molecule has 2 aromatic rings. The Morgan fingerprint density at radius 2 is 1.97 bits per heavy atom. The molecular weight excluding hydrogens is 444 g/mol. The van der Waals surface area contributed by atoms with Crippen molar-refractivity contribution in [1.82, 2.24) is 0 Å². The van der Waals surface area contributed by atoms with E-state index in [2.05, 4.69) is 5.32 Å². The van der Waals surface area contributed by atoms with Gasteiger partial charge in [0.25, 0.3) is 11.8 Å². The summed E-state index contributed by atoms with van der Waals surface area (Å²) in [5, 5.41) is 3.06. The summed E-state index contributed by atoms with van der Waals surface area (Å²) >= 11 is 1.35. The number of primary amides is 1. The molecule has 0 bridgehead atoms. The summed E-state index contributed by atoms with van der Waals surface area (Å²) in [6, 6.07) is 5.35. The van der Waals surface area contributed by atoms with Crippen molar-refractivity contribution in [2.75, 3.05) is 25.1 Å². The number of thiophene rings is 1. The molecule has 2 amide bonds. The number of fused-ring (bicyclic) bond motifs is 1. The Kier molecular flexibility index (Phi) is 8.48. The standard InChI is InChI=1S/C24H28N2O6S/c1-3-12-31-17-10-8-15(13-18(17)30-4-2)9-11-21(28)32-14-20(27)26-24-22(23(25)29)16-6-5-7-19(16)33-24/h8-11,13H,3-7,12,14H2,1-2H3,(H2,25,29)(H,26,27)/b11-9+. The molecule has 176 valence electrons. The highest BCUT2D eigenvalue weighted by molar-refractivity contribution is 7.17. The van der Waals surface area contributed by atoms with Crippen LogP contribution in [0.1, 0.15) is 53.1 Å². The van der Waals surface area contributed by atoms with Crippen molar-refractivity contribution >= 4 is 40.2 Å². The van der Waals surface area contributed by atoms with Crippen LogP contribution in [0.25, 0.3) is 6.08 Å². The van der Waals surface area contributed by atoms with Crippen LogP contribution in [-0.2, 0) is 27.2 Å². The Labute approximate surface area is 196 Å². The second-order valence-electron chi connectivity index (χ2n) is 7.40. The lowest BCUT2D eigenvalue weighted by molar-refractivity contribution is -0.142. The number of hydrogen-bond acceptors (Lipinski definition) is 7. The Hall–Kier alpha value is -3.33. The highest BCUT2D eigenvalue weighted by atomic mass is 32.1. The maximum atomic E-state index is 12.2. The van der Waals surface area contributed by atoms with Crippen LogP contribution in [0.4, 0.5) is 5.00 Å². The van der Waals surface area contributed by atoms with Crippen molar-refractivity contribution in [3.05, 3.63) is 45.8 Å². The fourth-order valence-corrected chi connectivity index (χ4v) is 4.80. The van der Waals surface area contributed by atoms with Gasteiger partial charge in [0.15, 0.2) is 18.1 Å². The minimum absolute atomic E-state index is 0.364. The summed E-state index contributed by atoms with van der Waals surface area (Å²) in [5.41, 5.74) is 7.50. The fraction of sp³-hybridized carbons (Fsp3) is 0.375. The molecule has 1 aromatic heterocycles. The molecule has 33 heavy (non-hydrogen) atoms. The monoisotopic (exact) mass is 472 g/mol. The summed E-state index contributed by atoms with van der Waals surface area (Å²) in [6.45, 7) is 4.49. The summed E-state index contributed by atoms with van der Waals surface area (Å²) in [4.78, 5) is 37.2. The average Bonchev–Trinajstić information content (AvgIpc) is 3.36. The summed E-state index contributed by atoms with van der Waals surface area (Å²) in [5.74, 6) is -0.533. The quantitative estimate of drug-likeness (QED) is 0.380. The number of ether oxygens (including phenoxy) is 3. The van der Waals surface area contributed by atoms with Crippen LogP contribution in [0.15, 0.2) is 24.3 Å². The lowest BCUT2D eigenvalue weighted by atomic mass is 10.1. The predicted molar refractivity (Wildman–Crippen MR) is 127 cm³/mol. The normalized spacial score (nSPS) is 12.4. The topological polar surface area (TPSA) is 117 Å². The predicted octanol–water partition coefficient (Wildman–Crippen LogP) is 3.72. The zero-order valence-electron chi connectivity index (χ0n) is 18.8. The molecule has 1 aromatic carbocycles. The fourth-order valence-electron chi connectivity index (χ4n) is 3.49. The van der Waals surface area contributed by atoms with Crippen molar-refractivity contribution < 1.29 is 28.6 Å². The SMILES string of the molecule is CCCOc1ccc(/C=C/C(=O)OCC(=O)Nc2sc3c(c2C(N)=O)CCC3)cc1OCC. The van der Waals surface area contributed by atoms with Crippen molar-refractivity contribution in [2.24, 2.45) is 5.73 Å². The number of esters is 1. The number of benzene rings is 1. The van der Waals surface area contributed by atoms with Crippen molar-refractivity contribution in [3.8, 4) is 11.5 Å². The molecular formula is C24H28N2O6S. The largest absolute Gasteiger partial charge is 0.490 e. The molecule has 1 aliphatic rings. The van der Waals surface area contributed by atoms with Gasteiger partial charge in [-0.1, -0.05) is 13.0 Å². The molecule has 3 rings (SSSR count). The van der Waals surface area contributed by atoms with Crippen LogP contribution in [-0.4, -0.2) is 37.6 Å². The molecule has 0 radical (unpaired) electrons. The Balaban J connectivity index is 1.55. The molecule has 0 atom stereocenters. The Bertz CT molecular complexity index is 1060. The highest BCUT2D eigenvalue weighted by Gasteiger charge is 2.26. The molecule has 0 saturated carbocycles. The van der Waals surface area contributed by atoms with Crippen molar-refractivity contribution in [3.63, 3.8) is 0 Å². The zero-order chi connectivity index (χ0) is 23.8. The minimum atomic E-state index is -0.668. The van der Waals surface area contributed by atoms with Crippen LogP contribution in [0.2, 0.25) is 0 Å². The van der Waals surface area contributed by atoms with Gasteiger partial charge < -0.3 is 25.3 Å². The van der Waals surface area contributed by atoms with Crippen LogP contribution in [0, 0.1) is 0 Å². The molecule has 0 saturated heterocycles. The summed E-state index contributed by atoms with van der Waals surface area (Å²) < 4.78 is 16.3. The molecule has 3 N–H and O–H groups in total. The Morgan fingerprint density at radius 3 is 2.70 bits per heavy atom. The van der Waals surface area contributed by atoms with Gasteiger partial charge >= 0.3 is 5.97 Å². The average molecular weight is 473 g/mol. The molecule has 1 aliphatic carbocycles. The molecule has 0 fully saturated rings. The second-order valence-corrected chi connectivity index (χ2v) is 8.51. The van der Waals surface area contributed by atoms with Gasteiger partial charge in [-0.3, -0.25) is 9.59 Å². The third kappa shape index (κ3) is 6.35. The number of anilines is 1. The van der Waals surface area contributed by atoms with Gasteiger partial charge in [-0.15, -0.1) is 11.3 Å². The van der Waals surface area contributed by atoms with Gasteiger partial charge in [0.05, 0.1) is 18.8 Å². The van der Waals surface area contributed by atoms with E-state index in [1.807, 2.05) is 13.8 Å². The number of nitrogens with two attached hydrogens (primary N) is 1. The van der Waals surface area contributed by atoms with Crippen molar-refractivity contribution in [2.45, 2.75) is 39.5 Å². The number of hydrogen-bond donors (Lipinski definition) is 2. The second kappa shape index (κ2) is 11.5. The third-order valence-corrected chi connectivity index (χ3v) is 6.11. The van der Waals surface area contributed by atoms with Gasteiger partial charge in [0.1, 0.15) is 5.00 Å². The zero-order valence-corrected chi connectivity index (χ0v) is 19.6. The first kappa shape index (κ1) is 24.3. The number of nitrogens with one attached hydrogen (secondary N) is 1. The molecule has 9 heteroatoms. The van der Waals surface area contributed by atoms with Gasteiger partial charge in [0, 0.05) is 11.0 Å². The van der Waals surface area contributed by atoms with E-state index >= 15 is 0 Å². The number of carbonyl (C=O) groups is 3. The molecule has 0 spiro atoms. The number of carbonyl (C=O) groups excluding carboxylic acids is 3. The van der Waals surface area contributed by atoms with Gasteiger partial charge in [-0.2, -0.15) is 0 Å². The van der Waals surface area contributed by atoms with E-state index in [4.69, 9.17) is 19.9 Å². The van der Waals surface area contributed by atoms with Gasteiger partial charge in [0.2, 0.25) is 0 Å². The highest BCUT2D eigenvalue weighted by Crippen LogP contribution is 2.38. The minimum Gasteiger partial charge on any atom is -0.490 e. The third-order valence-electron chi connectivity index (χ3n) is 4.91. The first-order valence-corrected chi connectivity index (χ1v) is 11.7. The molecule has 8 nitrogen and oxygen atoms in total. The molecule has 0 unspecified atom stereocenters. The summed E-state index contributed by atoms with van der Waals surface area (Å²) in [7, 11) is 0. The smallest absolute Gasteiger partial charge is 0.331 e. The van der Waals surface area contributed by atoms with Crippen LogP contribution >= 0.6 is 11.3 Å². The Morgan fingerprint density at radius 1 is 1.15 bits per heavy atom. The summed E-state index contributed by atoms with van der Waals surface area (Å²) in [6.07, 6.45) is 6.30. The van der Waals surface area contributed by atoms with Crippen molar-refractivity contribution in [1.29, 1.82) is 0 Å². The molecule has 1 heterocycles. The van der Waals surface area contributed by atoms with E-state index in [1.165, 1.54) is 17.4 Å². The molecule has 0 aliphatic heterocycles. The number of rotatable bonds is 11. The van der Waals surface area contributed by atoms with E-state index in [1.54, 1.807) is 24.3 Å². The van der Waals surface area contributed by atoms with Gasteiger partial charge in [-0.25, -0.2) is 4.79 Å². The lowest BCUT2D eigenvalue weighted by Gasteiger charge is -2.12. The van der Waals surface area contributed by atoms with Gasteiger partial charge in [-0.05, 0) is 61.9 Å². The maximum Gasteiger partial charge on any atom is 0.331 e. The first-order valence-electron chi connectivity index (χ1n) is 10.9.